The molecule has 1 heterocycles. The molecular formula is C13H20BrN3O2S. The van der Waals surface area contributed by atoms with E-state index in [1.165, 1.54) is 4.31 Å². The Balaban J connectivity index is 2.19. The largest absolute Gasteiger partial charge is 0.329 e. The van der Waals surface area contributed by atoms with Crippen LogP contribution in [-0.2, 0) is 10.2 Å². The van der Waals surface area contributed by atoms with E-state index in [1.54, 1.807) is 12.1 Å². The lowest BCUT2D eigenvalue weighted by molar-refractivity contribution is 0.259. The molecule has 1 saturated heterocycles. The van der Waals surface area contributed by atoms with Gasteiger partial charge in [-0.1, -0.05) is 28.4 Å². The fourth-order valence-corrected chi connectivity index (χ4v) is 4.26. The average molecular weight is 362 g/mol. The fourth-order valence-electron chi connectivity index (χ4n) is 2.39. The van der Waals surface area contributed by atoms with Crippen LogP contribution in [0.2, 0.25) is 0 Å². The third-order valence-electron chi connectivity index (χ3n) is 3.57. The zero-order valence-corrected chi connectivity index (χ0v) is 13.9. The predicted octanol–water partition coefficient (Wildman–Crippen LogP) is 2.23. The molecule has 7 heteroatoms. The number of hydrogen-bond acceptors (Lipinski definition) is 3. The van der Waals surface area contributed by atoms with Crippen LogP contribution in [-0.4, -0.2) is 31.9 Å². The quantitative estimate of drug-likeness (QED) is 0.863. The van der Waals surface area contributed by atoms with E-state index >= 15 is 0 Å². The fraction of sp³-hybridized carbons (Fsp3) is 0.538. The number of nitrogens with one attached hydrogen (secondary N) is 1. The van der Waals surface area contributed by atoms with Gasteiger partial charge in [-0.05, 0) is 37.5 Å². The van der Waals surface area contributed by atoms with Gasteiger partial charge in [0.25, 0.3) is 0 Å². The average Bonchev–Trinajstić information content (AvgIpc) is 2.42. The maximum absolute atomic E-state index is 12.5. The van der Waals surface area contributed by atoms with Gasteiger partial charge in [0.2, 0.25) is 0 Å². The smallest absolute Gasteiger partial charge is 0.301 e. The van der Waals surface area contributed by atoms with Gasteiger partial charge in [0.1, 0.15) is 0 Å². The van der Waals surface area contributed by atoms with Gasteiger partial charge in [-0.25, -0.2) is 0 Å². The minimum Gasteiger partial charge on any atom is -0.329 e. The molecule has 0 spiro atoms. The summed E-state index contributed by atoms with van der Waals surface area (Å²) in [4.78, 5) is 0. The normalized spacial score (nSPS) is 20.9. The zero-order valence-electron chi connectivity index (χ0n) is 11.5. The number of aryl methyl sites for hydroxylation is 1. The molecule has 1 aliphatic heterocycles. The van der Waals surface area contributed by atoms with Gasteiger partial charge >= 0.3 is 10.2 Å². The van der Waals surface area contributed by atoms with E-state index < -0.39 is 10.2 Å². The molecule has 3 N–H and O–H groups in total. The molecule has 1 unspecified atom stereocenters. The predicted molar refractivity (Wildman–Crippen MR) is 84.8 cm³/mol. The Morgan fingerprint density at radius 1 is 1.45 bits per heavy atom. The number of rotatable bonds is 4. The van der Waals surface area contributed by atoms with Gasteiger partial charge in [-0.15, -0.1) is 0 Å². The lowest BCUT2D eigenvalue weighted by atomic mass is 10.1. The van der Waals surface area contributed by atoms with Crippen molar-refractivity contribution in [3.05, 3.63) is 28.2 Å². The van der Waals surface area contributed by atoms with Crippen molar-refractivity contribution in [3.63, 3.8) is 0 Å². The molecule has 1 aromatic carbocycles. The van der Waals surface area contributed by atoms with Crippen LogP contribution in [0.4, 0.5) is 5.69 Å². The summed E-state index contributed by atoms with van der Waals surface area (Å²) >= 11 is 3.41. The van der Waals surface area contributed by atoms with Crippen LogP contribution in [0, 0.1) is 6.92 Å². The van der Waals surface area contributed by atoms with Crippen LogP contribution in [0.15, 0.2) is 22.7 Å². The zero-order chi connectivity index (χ0) is 14.8. The summed E-state index contributed by atoms with van der Waals surface area (Å²) < 4.78 is 29.9. The lowest BCUT2D eigenvalue weighted by Crippen LogP contribution is -2.49. The Morgan fingerprint density at radius 3 is 2.85 bits per heavy atom. The molecule has 1 fully saturated rings. The first kappa shape index (κ1) is 15.8. The van der Waals surface area contributed by atoms with E-state index in [0.717, 1.165) is 29.3 Å². The molecule has 1 atom stereocenters. The lowest BCUT2D eigenvalue weighted by Gasteiger charge is -2.33. The van der Waals surface area contributed by atoms with Crippen LogP contribution < -0.4 is 10.5 Å². The molecule has 1 aliphatic rings. The number of anilines is 1. The highest BCUT2D eigenvalue weighted by atomic mass is 79.9. The molecule has 20 heavy (non-hydrogen) atoms. The van der Waals surface area contributed by atoms with Gasteiger partial charge in [0, 0.05) is 23.6 Å². The molecule has 0 amide bonds. The summed E-state index contributed by atoms with van der Waals surface area (Å²) in [5, 5.41) is 0. The van der Waals surface area contributed by atoms with E-state index in [4.69, 9.17) is 5.73 Å². The van der Waals surface area contributed by atoms with Crippen LogP contribution in [0.3, 0.4) is 0 Å². The van der Waals surface area contributed by atoms with E-state index in [1.807, 2.05) is 13.0 Å². The summed E-state index contributed by atoms with van der Waals surface area (Å²) in [6.45, 7) is 2.85. The van der Waals surface area contributed by atoms with Gasteiger partial charge in [-0.2, -0.15) is 12.7 Å². The summed E-state index contributed by atoms with van der Waals surface area (Å²) in [6, 6.07) is 5.31. The van der Waals surface area contributed by atoms with Crippen LogP contribution >= 0.6 is 15.9 Å². The summed E-state index contributed by atoms with van der Waals surface area (Å²) in [7, 11) is -3.54. The van der Waals surface area contributed by atoms with Crippen LogP contribution in [0.5, 0.6) is 0 Å². The third kappa shape index (κ3) is 3.52. The van der Waals surface area contributed by atoms with Crippen molar-refractivity contribution in [2.45, 2.75) is 32.2 Å². The van der Waals surface area contributed by atoms with Crippen LogP contribution in [0.1, 0.15) is 24.8 Å². The minimum atomic E-state index is -3.54. The molecule has 0 aliphatic carbocycles. The SMILES string of the molecule is Cc1ccc(NS(=O)(=O)N2CCCCC2CN)cc1Br. The molecule has 5 nitrogen and oxygen atoms in total. The van der Waals surface area contributed by atoms with Gasteiger partial charge in [0.15, 0.2) is 0 Å². The van der Waals surface area contributed by atoms with Crippen molar-refractivity contribution in [3.8, 4) is 0 Å². The van der Waals surface area contributed by atoms with Gasteiger partial charge in [0.05, 0.1) is 5.69 Å². The molecule has 1 aromatic rings. The van der Waals surface area contributed by atoms with E-state index in [0.29, 0.717) is 18.8 Å². The number of benzene rings is 1. The van der Waals surface area contributed by atoms with Gasteiger partial charge < -0.3 is 5.73 Å². The van der Waals surface area contributed by atoms with Crippen molar-refractivity contribution in [1.29, 1.82) is 0 Å². The summed E-state index contributed by atoms with van der Waals surface area (Å²) in [5.41, 5.74) is 7.31. The second-order valence-electron chi connectivity index (χ2n) is 5.07. The van der Waals surface area contributed by atoms with E-state index in [2.05, 4.69) is 20.7 Å². The Kier molecular flexibility index (Phi) is 5.06. The molecule has 112 valence electrons. The standard InChI is InChI=1S/C13H20BrN3O2S/c1-10-5-6-11(8-13(10)14)16-20(18,19)17-7-3-2-4-12(17)9-15/h5-6,8,12,16H,2-4,7,9,15H2,1H3. The van der Waals surface area contributed by atoms with E-state index in [9.17, 15) is 8.42 Å². The van der Waals surface area contributed by atoms with Crippen LogP contribution in [0.25, 0.3) is 0 Å². The maximum atomic E-state index is 12.5. The molecule has 0 radical (unpaired) electrons. The number of nitrogens with zero attached hydrogens (tertiary/aromatic N) is 1. The Labute approximate surface area is 128 Å². The Bertz CT molecular complexity index is 577. The van der Waals surface area contributed by atoms with Crippen molar-refractivity contribution >= 4 is 31.8 Å². The molecule has 0 saturated carbocycles. The first-order valence-corrected chi connectivity index (χ1v) is 8.93. The van der Waals surface area contributed by atoms with Crippen molar-refractivity contribution < 1.29 is 8.42 Å². The number of nitrogens with two attached hydrogens (primary N) is 1. The minimum absolute atomic E-state index is 0.102. The molecule has 0 aromatic heterocycles. The summed E-state index contributed by atoms with van der Waals surface area (Å²) in [6.07, 6.45) is 2.74. The number of halogens is 1. The highest BCUT2D eigenvalue weighted by molar-refractivity contribution is 9.10. The number of piperidine rings is 1. The first-order valence-electron chi connectivity index (χ1n) is 6.70. The highest BCUT2D eigenvalue weighted by Gasteiger charge is 2.31. The monoisotopic (exact) mass is 361 g/mol. The number of hydrogen-bond donors (Lipinski definition) is 2. The second-order valence-corrected chi connectivity index (χ2v) is 7.54. The second kappa shape index (κ2) is 6.43. The van der Waals surface area contributed by atoms with E-state index in [-0.39, 0.29) is 6.04 Å². The maximum Gasteiger partial charge on any atom is 0.301 e. The summed E-state index contributed by atoms with van der Waals surface area (Å²) in [5.74, 6) is 0. The third-order valence-corrected chi connectivity index (χ3v) is 6.02. The highest BCUT2D eigenvalue weighted by Crippen LogP contribution is 2.24. The van der Waals surface area contributed by atoms with Crippen molar-refractivity contribution in [2.24, 2.45) is 5.73 Å². The van der Waals surface area contributed by atoms with Crippen molar-refractivity contribution in [2.75, 3.05) is 17.8 Å². The Hall–Kier alpha value is -0.630. The molecule has 0 bridgehead atoms. The molecular weight excluding hydrogens is 342 g/mol. The van der Waals surface area contributed by atoms with Gasteiger partial charge in [-0.3, -0.25) is 4.72 Å². The topological polar surface area (TPSA) is 75.4 Å². The Morgan fingerprint density at radius 2 is 2.20 bits per heavy atom. The first-order chi connectivity index (χ1) is 9.44. The van der Waals surface area contributed by atoms with Crippen molar-refractivity contribution in [1.82, 2.24) is 4.31 Å². The molecule has 2 rings (SSSR count).